The lowest BCUT2D eigenvalue weighted by molar-refractivity contribution is 1.46. The van der Waals surface area contributed by atoms with E-state index in [1.165, 1.54) is 0 Å². The van der Waals surface area contributed by atoms with Crippen molar-refractivity contribution in [2.75, 3.05) is 0 Å². The lowest BCUT2D eigenvalue weighted by atomic mass is 10.5. The monoisotopic (exact) mass is 96.1 g/mol. The Bertz CT molecular complexity index is 103. The molecule has 0 fully saturated rings. The van der Waals surface area contributed by atoms with Gasteiger partial charge in [-0.25, -0.2) is 4.99 Å². The van der Waals surface area contributed by atoms with Gasteiger partial charge in [0.1, 0.15) is 5.84 Å². The van der Waals surface area contributed by atoms with Crippen LogP contribution in [0.3, 0.4) is 0 Å². The highest BCUT2D eigenvalue weighted by molar-refractivity contribution is 5.93. The van der Waals surface area contributed by atoms with Crippen molar-refractivity contribution in [3.63, 3.8) is 0 Å². The van der Waals surface area contributed by atoms with Gasteiger partial charge in [0.25, 0.3) is 0 Å². The van der Waals surface area contributed by atoms with Crippen LogP contribution in [0.15, 0.2) is 17.1 Å². The molecule has 0 saturated heterocycles. The number of amidine groups is 1. The van der Waals surface area contributed by atoms with Crippen LogP contribution < -0.4 is 0 Å². The topological polar surface area (TPSA) is 36.2 Å². The molecule has 2 heteroatoms. The van der Waals surface area contributed by atoms with Crippen LogP contribution in [0.4, 0.5) is 0 Å². The molecule has 0 aliphatic heterocycles. The number of aliphatic imine (C=N–C) groups is 1. The molecule has 0 unspecified atom stereocenters. The summed E-state index contributed by atoms with van der Waals surface area (Å²) < 4.78 is 0. The van der Waals surface area contributed by atoms with E-state index < -0.39 is 0 Å². The Labute approximate surface area is 43.1 Å². The summed E-state index contributed by atoms with van der Waals surface area (Å²) >= 11 is 0. The molecule has 0 atom stereocenters. The summed E-state index contributed by atoms with van der Waals surface area (Å²) in [7, 11) is 0. The molecule has 0 saturated carbocycles. The Balaban J connectivity index is 3.58. The first-order valence-corrected chi connectivity index (χ1v) is 1.99. The third-order valence-electron chi connectivity index (χ3n) is 0.495. The summed E-state index contributed by atoms with van der Waals surface area (Å²) in [5, 5.41) is 6.82. The van der Waals surface area contributed by atoms with Crippen molar-refractivity contribution in [2.45, 2.75) is 6.92 Å². The van der Waals surface area contributed by atoms with E-state index in [1.54, 1.807) is 12.2 Å². The molecule has 0 bridgehead atoms. The zero-order valence-electron chi connectivity index (χ0n) is 4.31. The second kappa shape index (κ2) is 3.28. The molecule has 0 rings (SSSR count). The predicted molar refractivity (Wildman–Crippen MR) is 32.1 cm³/mol. The number of rotatable bonds is 1. The zero-order chi connectivity index (χ0) is 5.70. The number of nitrogens with one attached hydrogen (secondary N) is 1. The van der Waals surface area contributed by atoms with E-state index >= 15 is 0 Å². The Morgan fingerprint density at radius 3 is 2.57 bits per heavy atom. The maximum Gasteiger partial charge on any atom is 0.143 e. The van der Waals surface area contributed by atoms with Crippen molar-refractivity contribution in [1.29, 1.82) is 5.41 Å². The van der Waals surface area contributed by atoms with E-state index in [0.29, 0.717) is 0 Å². The fourth-order valence-electron chi connectivity index (χ4n) is 0.211. The van der Waals surface area contributed by atoms with Crippen LogP contribution >= 0.6 is 0 Å². The van der Waals surface area contributed by atoms with E-state index in [4.69, 9.17) is 5.41 Å². The first-order valence-electron chi connectivity index (χ1n) is 1.99. The number of hydrogen-bond acceptors (Lipinski definition) is 1. The largest absolute Gasteiger partial charge is 0.283 e. The Hall–Kier alpha value is -0.920. The first-order chi connectivity index (χ1) is 3.31. The van der Waals surface area contributed by atoms with Gasteiger partial charge in [0.2, 0.25) is 0 Å². The first kappa shape index (κ1) is 6.08. The zero-order valence-corrected chi connectivity index (χ0v) is 4.31. The minimum absolute atomic E-state index is 0.211. The van der Waals surface area contributed by atoms with Crippen LogP contribution in [-0.2, 0) is 0 Å². The maximum absolute atomic E-state index is 6.82. The van der Waals surface area contributed by atoms with Gasteiger partial charge in [-0.15, -0.1) is 0 Å². The molecule has 0 heterocycles. The van der Waals surface area contributed by atoms with Crippen molar-refractivity contribution in [3.05, 3.63) is 12.2 Å². The normalized spacial score (nSPS) is 9.29. The van der Waals surface area contributed by atoms with Gasteiger partial charge in [-0.2, -0.15) is 0 Å². The second-order valence-electron chi connectivity index (χ2n) is 1.04. The fourth-order valence-corrected chi connectivity index (χ4v) is 0.211. The van der Waals surface area contributed by atoms with Crippen molar-refractivity contribution in [2.24, 2.45) is 4.99 Å². The van der Waals surface area contributed by atoms with Crippen LogP contribution in [0.2, 0.25) is 0 Å². The smallest absolute Gasteiger partial charge is 0.143 e. The number of hydrogen-bond donors (Lipinski definition) is 1. The SMILES string of the molecule is C=NC(=N)/C=C/C. The molecule has 0 amide bonds. The molecule has 0 aromatic carbocycles. The minimum atomic E-state index is 0.211. The van der Waals surface area contributed by atoms with Crippen LogP contribution in [0.1, 0.15) is 6.92 Å². The molecule has 0 aliphatic rings. The van der Waals surface area contributed by atoms with E-state index in [-0.39, 0.29) is 5.84 Å². The maximum atomic E-state index is 6.82. The summed E-state index contributed by atoms with van der Waals surface area (Å²) in [5.41, 5.74) is 0. The molecule has 7 heavy (non-hydrogen) atoms. The molecule has 0 aromatic heterocycles. The van der Waals surface area contributed by atoms with E-state index in [9.17, 15) is 0 Å². The van der Waals surface area contributed by atoms with Crippen LogP contribution in [0, 0.1) is 5.41 Å². The number of allylic oxidation sites excluding steroid dienone is 1. The third kappa shape index (κ3) is 2.89. The van der Waals surface area contributed by atoms with E-state index in [2.05, 4.69) is 11.7 Å². The molecular formula is C5H8N2. The highest BCUT2D eigenvalue weighted by Crippen LogP contribution is 1.74. The molecule has 0 spiro atoms. The molecule has 0 aliphatic carbocycles. The summed E-state index contributed by atoms with van der Waals surface area (Å²) in [4.78, 5) is 3.32. The van der Waals surface area contributed by atoms with Gasteiger partial charge in [-0.3, -0.25) is 5.41 Å². The van der Waals surface area contributed by atoms with Gasteiger partial charge in [-0.1, -0.05) is 6.08 Å². The number of nitrogens with zero attached hydrogens (tertiary/aromatic N) is 1. The summed E-state index contributed by atoms with van der Waals surface area (Å²) in [6.45, 7) is 4.99. The third-order valence-corrected chi connectivity index (χ3v) is 0.495. The summed E-state index contributed by atoms with van der Waals surface area (Å²) in [5.74, 6) is 0.211. The quantitative estimate of drug-likeness (QED) is 0.376. The Morgan fingerprint density at radius 1 is 1.86 bits per heavy atom. The van der Waals surface area contributed by atoms with Crippen molar-refractivity contribution < 1.29 is 0 Å². The molecule has 0 radical (unpaired) electrons. The van der Waals surface area contributed by atoms with E-state index in [1.807, 2.05) is 6.92 Å². The van der Waals surface area contributed by atoms with Gasteiger partial charge in [0.15, 0.2) is 0 Å². The summed E-state index contributed by atoms with van der Waals surface area (Å²) in [6.07, 6.45) is 3.32. The van der Waals surface area contributed by atoms with Crippen LogP contribution in [0.25, 0.3) is 0 Å². The lowest BCUT2D eigenvalue weighted by Crippen LogP contribution is -1.78. The molecule has 38 valence electrons. The second-order valence-corrected chi connectivity index (χ2v) is 1.04. The van der Waals surface area contributed by atoms with Crippen LogP contribution in [-0.4, -0.2) is 12.6 Å². The average molecular weight is 96.1 g/mol. The highest BCUT2D eigenvalue weighted by atomic mass is 14.8. The van der Waals surface area contributed by atoms with Gasteiger partial charge < -0.3 is 0 Å². The fraction of sp³-hybridized carbons (Fsp3) is 0.200. The van der Waals surface area contributed by atoms with Gasteiger partial charge in [0, 0.05) is 0 Å². The standard InChI is InChI=1S/C5H8N2/c1-3-4-5(6)7-2/h3-4,6H,2H2,1H3/b4-3+,6-5?. The van der Waals surface area contributed by atoms with Crippen molar-refractivity contribution in [1.82, 2.24) is 0 Å². The molecular weight excluding hydrogens is 88.1 g/mol. The average Bonchev–Trinajstić information content (AvgIpc) is 1.68. The molecule has 0 aromatic rings. The lowest BCUT2D eigenvalue weighted by Gasteiger charge is -1.77. The van der Waals surface area contributed by atoms with Gasteiger partial charge in [-0.05, 0) is 19.7 Å². The Morgan fingerprint density at radius 2 is 2.43 bits per heavy atom. The van der Waals surface area contributed by atoms with Crippen molar-refractivity contribution in [3.8, 4) is 0 Å². The molecule has 1 N–H and O–H groups in total. The van der Waals surface area contributed by atoms with Gasteiger partial charge in [0.05, 0.1) is 0 Å². The minimum Gasteiger partial charge on any atom is -0.283 e. The van der Waals surface area contributed by atoms with E-state index in [0.717, 1.165) is 0 Å². The predicted octanol–water partition coefficient (Wildman–Crippen LogP) is 1.24. The summed E-state index contributed by atoms with van der Waals surface area (Å²) in [6, 6.07) is 0. The highest BCUT2D eigenvalue weighted by Gasteiger charge is 1.73. The Kier molecular flexibility index (Phi) is 2.85. The molecule has 2 nitrogen and oxygen atoms in total. The van der Waals surface area contributed by atoms with Crippen molar-refractivity contribution >= 4 is 12.6 Å². The van der Waals surface area contributed by atoms with Crippen LogP contribution in [0.5, 0.6) is 0 Å². The van der Waals surface area contributed by atoms with Gasteiger partial charge >= 0.3 is 0 Å².